The number of aliphatic hydroxyl groups excluding tert-OH is 5. The van der Waals surface area contributed by atoms with E-state index in [0.29, 0.717) is 0 Å². The van der Waals surface area contributed by atoms with Gasteiger partial charge in [0.2, 0.25) is 0 Å². The molecule has 4 atom stereocenters. The van der Waals surface area contributed by atoms with Crippen LogP contribution in [0.1, 0.15) is 0 Å². The molecule has 0 bridgehead atoms. The van der Waals surface area contributed by atoms with Crippen LogP contribution >= 0.6 is 0 Å². The second-order valence-electron chi connectivity index (χ2n) is 2.51. The molecule has 0 saturated heterocycles. The number of aliphatic carboxylic acids is 1. The van der Waals surface area contributed by atoms with E-state index in [2.05, 4.69) is 0 Å². The molecule has 15 heavy (non-hydrogen) atoms. The second-order valence-corrected chi connectivity index (χ2v) is 2.51. The van der Waals surface area contributed by atoms with Crippen molar-refractivity contribution in [3.05, 3.63) is 0 Å². The maximum atomic E-state index is 10.1. The Balaban J connectivity index is -0.000000720. The monoisotopic (exact) mass is 244 g/mol. The van der Waals surface area contributed by atoms with E-state index >= 15 is 0 Å². The first-order valence-corrected chi connectivity index (χ1v) is 3.47. The molecule has 0 saturated carbocycles. The average molecular weight is 244 g/mol. The van der Waals surface area contributed by atoms with Gasteiger partial charge in [-0.3, -0.25) is 0 Å². The molecule has 0 aliphatic rings. The normalized spacial score (nSPS) is 17.7. The number of carbonyl (C=O) groups is 1. The predicted molar refractivity (Wildman–Crippen MR) is 53.0 cm³/mol. The van der Waals surface area contributed by atoms with Crippen molar-refractivity contribution in [1.29, 1.82) is 0 Å². The summed E-state index contributed by atoms with van der Waals surface area (Å²) in [4.78, 5) is 10.1. The van der Waals surface area contributed by atoms with Crippen LogP contribution in [0.4, 0.5) is 0 Å². The van der Waals surface area contributed by atoms with E-state index in [9.17, 15) is 4.79 Å². The van der Waals surface area contributed by atoms with Gasteiger partial charge in [-0.1, -0.05) is 0 Å². The van der Waals surface area contributed by atoms with E-state index in [0.717, 1.165) is 0 Å². The van der Waals surface area contributed by atoms with Crippen molar-refractivity contribution in [2.75, 3.05) is 6.61 Å². The topological polar surface area (TPSA) is 138 Å². The molecule has 0 amide bonds. The second kappa shape index (κ2) is 10.4. The summed E-state index contributed by atoms with van der Waals surface area (Å²) in [6.07, 6.45) is -7.84. The van der Waals surface area contributed by atoms with Crippen molar-refractivity contribution >= 4 is 65.1 Å². The summed E-state index contributed by atoms with van der Waals surface area (Å²) in [6, 6.07) is 0. The summed E-state index contributed by atoms with van der Waals surface area (Å²) < 4.78 is 0. The third kappa shape index (κ3) is 7.24. The van der Waals surface area contributed by atoms with Crippen molar-refractivity contribution in [1.82, 2.24) is 0 Å². The molecule has 0 heterocycles. The quantitative estimate of drug-likeness (QED) is 0.267. The van der Waals surface area contributed by atoms with Crippen LogP contribution in [0, 0.1) is 0 Å². The molecule has 6 N–H and O–H groups in total. The Morgan fingerprint density at radius 2 is 1.40 bits per heavy atom. The van der Waals surface area contributed by atoms with E-state index < -0.39 is 37.0 Å². The Kier molecular flexibility index (Phi) is 15.0. The number of carboxylic acids is 1. The fourth-order valence-corrected chi connectivity index (χ4v) is 0.668. The van der Waals surface area contributed by atoms with Gasteiger partial charge < -0.3 is 30.6 Å². The van der Waals surface area contributed by atoms with E-state index in [1.807, 2.05) is 0 Å². The molecule has 0 radical (unpaired) electrons. The molecule has 0 rings (SSSR count). The van der Waals surface area contributed by atoms with Gasteiger partial charge in [0, 0.05) is 0 Å². The van der Waals surface area contributed by atoms with Crippen LogP contribution in [0.25, 0.3) is 0 Å². The van der Waals surface area contributed by atoms with Gasteiger partial charge in [-0.15, -0.1) is 0 Å². The van der Waals surface area contributed by atoms with Crippen molar-refractivity contribution in [3.63, 3.8) is 0 Å². The zero-order chi connectivity index (χ0) is 10.6. The predicted octanol–water partition coefficient (Wildman–Crippen LogP) is -4.79. The van der Waals surface area contributed by atoms with Gasteiger partial charge in [-0.25, -0.2) is 4.79 Å². The fraction of sp³-hybridized carbons (Fsp3) is 0.833. The van der Waals surface area contributed by atoms with Crippen LogP contribution in [0.3, 0.4) is 0 Å². The number of rotatable bonds is 5. The minimum absolute atomic E-state index is 0. The number of aliphatic hydroxyl groups is 5. The Morgan fingerprint density at radius 1 is 1.00 bits per heavy atom. The first-order valence-electron chi connectivity index (χ1n) is 3.47. The van der Waals surface area contributed by atoms with Gasteiger partial charge in [0.15, 0.2) is 6.10 Å². The van der Waals surface area contributed by atoms with Gasteiger partial charge in [0.05, 0.1) is 6.61 Å². The van der Waals surface area contributed by atoms with Gasteiger partial charge in [-0.2, -0.15) is 0 Å². The van der Waals surface area contributed by atoms with Crippen molar-refractivity contribution in [2.45, 2.75) is 24.4 Å². The van der Waals surface area contributed by atoms with Crippen LogP contribution < -0.4 is 0 Å². The standard InChI is InChI=1S/C6H12O7.2Na.2H/c7-1-2(8)3(9)4(10)5(11)6(12)13;;;;/h2-5,7-11H,1H2,(H,12,13);;;;/t2-,3-,4+,5-;;;;/m1..../s1. The molecule has 82 valence electrons. The maximum absolute atomic E-state index is 10.1. The number of hydrogen-bond acceptors (Lipinski definition) is 6. The summed E-state index contributed by atoms with van der Waals surface area (Å²) in [7, 11) is 0. The van der Waals surface area contributed by atoms with Crippen molar-refractivity contribution in [3.8, 4) is 0 Å². The average Bonchev–Trinajstić information content (AvgIpc) is 2.12. The molecular weight excluding hydrogens is 230 g/mol. The Labute approximate surface area is 130 Å². The van der Waals surface area contributed by atoms with E-state index in [1.165, 1.54) is 0 Å². The van der Waals surface area contributed by atoms with Crippen LogP contribution in [0.15, 0.2) is 0 Å². The molecule has 0 fully saturated rings. The summed E-state index contributed by atoms with van der Waals surface area (Å²) in [5.74, 6) is -1.73. The third-order valence-corrected chi connectivity index (χ3v) is 1.51. The van der Waals surface area contributed by atoms with Gasteiger partial charge >= 0.3 is 65.1 Å². The number of hydrogen-bond donors (Lipinski definition) is 6. The van der Waals surface area contributed by atoms with Crippen LogP contribution in [0.2, 0.25) is 0 Å². The number of carboxylic acid groups (broad SMARTS) is 1. The summed E-state index contributed by atoms with van der Waals surface area (Å²) in [5, 5.41) is 51.8. The van der Waals surface area contributed by atoms with Crippen molar-refractivity contribution < 1.29 is 35.4 Å². The molecule has 0 aliphatic heterocycles. The van der Waals surface area contributed by atoms with Crippen LogP contribution in [-0.2, 0) is 4.79 Å². The Morgan fingerprint density at radius 3 is 1.67 bits per heavy atom. The zero-order valence-corrected chi connectivity index (χ0v) is 6.61. The van der Waals surface area contributed by atoms with Crippen LogP contribution in [-0.4, -0.2) is 127 Å². The Bertz CT molecular complexity index is 179. The summed E-state index contributed by atoms with van der Waals surface area (Å²) >= 11 is 0. The fourth-order valence-electron chi connectivity index (χ4n) is 0.668. The van der Waals surface area contributed by atoms with Crippen molar-refractivity contribution in [2.24, 2.45) is 0 Å². The molecular formula is C6H14Na2O7. The molecule has 0 aromatic heterocycles. The Hall–Kier alpha value is 1.27. The minimum atomic E-state index is -2.20. The molecule has 0 spiro atoms. The van der Waals surface area contributed by atoms with E-state index in [1.54, 1.807) is 0 Å². The molecule has 0 unspecified atom stereocenters. The molecule has 0 aromatic carbocycles. The summed E-state index contributed by atoms with van der Waals surface area (Å²) in [5.41, 5.74) is 0. The van der Waals surface area contributed by atoms with Gasteiger partial charge in [0.1, 0.15) is 18.3 Å². The third-order valence-electron chi connectivity index (χ3n) is 1.51. The summed E-state index contributed by atoms with van der Waals surface area (Å²) in [6.45, 7) is -0.843. The van der Waals surface area contributed by atoms with Gasteiger partial charge in [0.25, 0.3) is 0 Å². The van der Waals surface area contributed by atoms with E-state index in [4.69, 9.17) is 30.6 Å². The van der Waals surface area contributed by atoms with E-state index in [-0.39, 0.29) is 59.1 Å². The van der Waals surface area contributed by atoms with Gasteiger partial charge in [-0.05, 0) is 0 Å². The SMILES string of the molecule is O=C(O)[C@H](O)[C@@H](O)[C@H](O)[C@H](O)CO.[NaH].[NaH]. The molecule has 9 heteroatoms. The zero-order valence-electron chi connectivity index (χ0n) is 6.61. The molecule has 0 aliphatic carbocycles. The first-order chi connectivity index (χ1) is 5.91. The first kappa shape index (κ1) is 21.5. The van der Waals surface area contributed by atoms with Crippen LogP contribution in [0.5, 0.6) is 0 Å². The molecule has 7 nitrogen and oxygen atoms in total. The molecule has 0 aromatic rings.